The zero-order chi connectivity index (χ0) is 15.0. The third kappa shape index (κ3) is 6.22. The van der Waals surface area contributed by atoms with Crippen LogP contribution in [0.25, 0.3) is 0 Å². The third-order valence-corrected chi connectivity index (χ3v) is 2.55. The van der Waals surface area contributed by atoms with Crippen LogP contribution in [0.1, 0.15) is 19.4 Å². The quantitative estimate of drug-likeness (QED) is 0.769. The number of hydrogen-bond donors (Lipinski definition) is 1. The van der Waals surface area contributed by atoms with E-state index in [0.29, 0.717) is 18.2 Å². The molecule has 1 aromatic carbocycles. The van der Waals surface area contributed by atoms with E-state index in [1.807, 2.05) is 19.9 Å². The van der Waals surface area contributed by atoms with Crippen molar-refractivity contribution in [3.63, 3.8) is 0 Å². The maximum Gasteiger partial charge on any atom is 0.310 e. The lowest BCUT2D eigenvalue weighted by atomic mass is 10.1. The van der Waals surface area contributed by atoms with Gasteiger partial charge in [0.05, 0.1) is 13.5 Å². The van der Waals surface area contributed by atoms with Crippen molar-refractivity contribution in [2.24, 2.45) is 5.92 Å². The van der Waals surface area contributed by atoms with E-state index in [9.17, 15) is 9.59 Å². The van der Waals surface area contributed by atoms with Crippen LogP contribution in [0.15, 0.2) is 24.3 Å². The Bertz CT molecular complexity index is 457. The molecule has 0 unspecified atom stereocenters. The number of amides is 1. The van der Waals surface area contributed by atoms with Crippen molar-refractivity contribution in [1.82, 2.24) is 5.32 Å². The highest BCUT2D eigenvalue weighted by Gasteiger charge is 2.09. The van der Waals surface area contributed by atoms with E-state index in [2.05, 4.69) is 5.32 Å². The van der Waals surface area contributed by atoms with E-state index in [4.69, 9.17) is 9.47 Å². The Morgan fingerprint density at radius 2 is 2.05 bits per heavy atom. The number of nitrogens with one attached hydrogen (secondary N) is 1. The van der Waals surface area contributed by atoms with E-state index in [-0.39, 0.29) is 18.9 Å². The monoisotopic (exact) mass is 279 g/mol. The summed E-state index contributed by atoms with van der Waals surface area (Å²) in [5.74, 6) is 0.340. The molecule has 0 fully saturated rings. The van der Waals surface area contributed by atoms with Crippen molar-refractivity contribution >= 4 is 11.9 Å². The topological polar surface area (TPSA) is 64.6 Å². The smallest absolute Gasteiger partial charge is 0.310 e. The van der Waals surface area contributed by atoms with Crippen molar-refractivity contribution in [1.29, 1.82) is 0 Å². The van der Waals surface area contributed by atoms with Crippen molar-refractivity contribution in [2.75, 3.05) is 20.3 Å². The lowest BCUT2D eigenvalue weighted by Gasteiger charge is -2.08. The fourth-order valence-electron chi connectivity index (χ4n) is 1.52. The number of carbonyl (C=O) groups is 2. The Balaban J connectivity index is 2.34. The molecule has 0 aliphatic heterocycles. The lowest BCUT2D eigenvalue weighted by molar-refractivity contribution is -0.147. The minimum absolute atomic E-state index is 0.120. The molecule has 0 aromatic heterocycles. The van der Waals surface area contributed by atoms with Crippen LogP contribution in [0.3, 0.4) is 0 Å². The van der Waals surface area contributed by atoms with Crippen molar-refractivity contribution in [3.05, 3.63) is 29.8 Å². The number of rotatable bonds is 7. The number of hydrogen-bond acceptors (Lipinski definition) is 4. The second kappa shape index (κ2) is 8.19. The molecule has 0 heterocycles. The Labute approximate surface area is 119 Å². The van der Waals surface area contributed by atoms with Crippen LogP contribution in [0.5, 0.6) is 5.75 Å². The summed E-state index contributed by atoms with van der Waals surface area (Å²) in [7, 11) is 1.57. The minimum atomic E-state index is -0.432. The predicted molar refractivity (Wildman–Crippen MR) is 75.5 cm³/mol. The molecule has 0 bridgehead atoms. The molecular weight excluding hydrogens is 258 g/mol. The zero-order valence-electron chi connectivity index (χ0n) is 12.1. The molecule has 0 atom stereocenters. The van der Waals surface area contributed by atoms with Gasteiger partial charge in [-0.05, 0) is 23.6 Å². The normalized spacial score (nSPS) is 10.2. The van der Waals surface area contributed by atoms with Gasteiger partial charge in [0.1, 0.15) is 5.75 Å². The SMILES string of the molecule is COc1cccc(CC(=O)OCC(=O)NCC(C)C)c1. The Kier molecular flexibility index (Phi) is 6.56. The summed E-state index contributed by atoms with van der Waals surface area (Å²) < 4.78 is 9.99. The summed E-state index contributed by atoms with van der Waals surface area (Å²) in [4.78, 5) is 23.0. The van der Waals surface area contributed by atoms with Crippen LogP contribution in [-0.2, 0) is 20.7 Å². The molecule has 110 valence electrons. The fraction of sp³-hybridized carbons (Fsp3) is 0.467. The number of methoxy groups -OCH3 is 1. The highest BCUT2D eigenvalue weighted by atomic mass is 16.5. The Morgan fingerprint density at radius 1 is 1.30 bits per heavy atom. The van der Waals surface area contributed by atoms with Gasteiger partial charge in [-0.2, -0.15) is 0 Å². The van der Waals surface area contributed by atoms with Gasteiger partial charge in [0.15, 0.2) is 6.61 Å². The first-order valence-electron chi connectivity index (χ1n) is 6.56. The molecule has 5 nitrogen and oxygen atoms in total. The molecule has 1 rings (SSSR count). The van der Waals surface area contributed by atoms with Crippen molar-refractivity contribution in [2.45, 2.75) is 20.3 Å². The first-order valence-corrected chi connectivity index (χ1v) is 6.56. The predicted octanol–water partition coefficient (Wildman–Crippen LogP) is 1.55. The number of carbonyl (C=O) groups excluding carboxylic acids is 2. The Morgan fingerprint density at radius 3 is 2.70 bits per heavy atom. The Hall–Kier alpha value is -2.04. The van der Waals surface area contributed by atoms with Gasteiger partial charge in [0, 0.05) is 6.54 Å². The van der Waals surface area contributed by atoms with Crippen LogP contribution in [0.4, 0.5) is 0 Å². The first kappa shape index (κ1) is 16.0. The maximum absolute atomic E-state index is 11.6. The largest absolute Gasteiger partial charge is 0.497 e. The average Bonchev–Trinajstić information content (AvgIpc) is 2.43. The van der Waals surface area contributed by atoms with Crippen LogP contribution >= 0.6 is 0 Å². The highest BCUT2D eigenvalue weighted by molar-refractivity contribution is 5.81. The first-order chi connectivity index (χ1) is 9.51. The molecule has 20 heavy (non-hydrogen) atoms. The summed E-state index contributed by atoms with van der Waals surface area (Å²) in [6.45, 7) is 4.33. The van der Waals surface area contributed by atoms with Crippen LogP contribution in [-0.4, -0.2) is 32.1 Å². The molecule has 0 aliphatic rings. The summed E-state index contributed by atoms with van der Waals surface area (Å²) in [5, 5.41) is 2.68. The molecule has 1 aromatic rings. The summed E-state index contributed by atoms with van der Waals surface area (Å²) in [6, 6.07) is 7.17. The van der Waals surface area contributed by atoms with E-state index in [0.717, 1.165) is 5.56 Å². The van der Waals surface area contributed by atoms with Crippen LogP contribution < -0.4 is 10.1 Å². The molecule has 5 heteroatoms. The van der Waals surface area contributed by atoms with Crippen LogP contribution in [0, 0.1) is 5.92 Å². The van der Waals surface area contributed by atoms with E-state index < -0.39 is 5.97 Å². The third-order valence-electron chi connectivity index (χ3n) is 2.55. The van der Waals surface area contributed by atoms with Gasteiger partial charge in [0.2, 0.25) is 0 Å². The molecule has 0 spiro atoms. The van der Waals surface area contributed by atoms with E-state index in [1.54, 1.807) is 25.3 Å². The standard InChI is InChI=1S/C15H21NO4/c1-11(2)9-16-14(17)10-20-15(18)8-12-5-4-6-13(7-12)19-3/h4-7,11H,8-10H2,1-3H3,(H,16,17). The maximum atomic E-state index is 11.6. The minimum Gasteiger partial charge on any atom is -0.497 e. The van der Waals surface area contributed by atoms with Gasteiger partial charge >= 0.3 is 5.97 Å². The van der Waals surface area contributed by atoms with Gasteiger partial charge in [-0.15, -0.1) is 0 Å². The van der Waals surface area contributed by atoms with Gasteiger partial charge in [-0.25, -0.2) is 0 Å². The molecule has 0 saturated carbocycles. The van der Waals surface area contributed by atoms with E-state index in [1.165, 1.54) is 0 Å². The molecule has 0 radical (unpaired) electrons. The van der Waals surface area contributed by atoms with Gasteiger partial charge in [-0.3, -0.25) is 9.59 Å². The summed E-state index contributed by atoms with van der Waals surface area (Å²) in [6.07, 6.45) is 0.120. The number of ether oxygens (including phenoxy) is 2. The van der Waals surface area contributed by atoms with Gasteiger partial charge in [0.25, 0.3) is 5.91 Å². The second-order valence-corrected chi connectivity index (χ2v) is 4.89. The molecule has 0 aliphatic carbocycles. The van der Waals surface area contributed by atoms with Gasteiger partial charge in [-0.1, -0.05) is 26.0 Å². The molecular formula is C15H21NO4. The second-order valence-electron chi connectivity index (χ2n) is 4.89. The van der Waals surface area contributed by atoms with Gasteiger partial charge < -0.3 is 14.8 Å². The summed E-state index contributed by atoms with van der Waals surface area (Å²) in [5.41, 5.74) is 0.789. The average molecular weight is 279 g/mol. The fourth-order valence-corrected chi connectivity index (χ4v) is 1.52. The number of benzene rings is 1. The van der Waals surface area contributed by atoms with Crippen molar-refractivity contribution in [3.8, 4) is 5.75 Å². The molecule has 1 amide bonds. The van der Waals surface area contributed by atoms with E-state index >= 15 is 0 Å². The highest BCUT2D eigenvalue weighted by Crippen LogP contribution is 2.13. The van der Waals surface area contributed by atoms with Crippen molar-refractivity contribution < 1.29 is 19.1 Å². The van der Waals surface area contributed by atoms with Crippen LogP contribution in [0.2, 0.25) is 0 Å². The molecule has 1 N–H and O–H groups in total. The number of esters is 1. The summed E-state index contributed by atoms with van der Waals surface area (Å²) >= 11 is 0. The lowest BCUT2D eigenvalue weighted by Crippen LogP contribution is -2.31. The molecule has 0 saturated heterocycles. The zero-order valence-corrected chi connectivity index (χ0v) is 12.1.